The molecule has 0 aromatic heterocycles. The quantitative estimate of drug-likeness (QED) is 0.762. The summed E-state index contributed by atoms with van der Waals surface area (Å²) in [5, 5.41) is 8.77. The first-order chi connectivity index (χ1) is 8.40. The van der Waals surface area contributed by atoms with E-state index in [4.69, 9.17) is 5.11 Å². The predicted octanol–water partition coefficient (Wildman–Crippen LogP) is 4.17. The molecule has 18 heavy (non-hydrogen) atoms. The molecule has 2 rings (SSSR count). The minimum absolute atomic E-state index is 0.172. The van der Waals surface area contributed by atoms with E-state index in [0.717, 1.165) is 12.0 Å². The highest BCUT2D eigenvalue weighted by molar-refractivity contribution is 14.1. The molecular formula is C14H16FIO2. The lowest BCUT2D eigenvalue weighted by atomic mass is 10.0. The highest BCUT2D eigenvalue weighted by Crippen LogP contribution is 2.51. The van der Waals surface area contributed by atoms with Crippen molar-refractivity contribution in [3.05, 3.63) is 33.0 Å². The first-order valence-corrected chi connectivity index (χ1v) is 7.13. The first-order valence-electron chi connectivity index (χ1n) is 6.05. The molecule has 0 saturated heterocycles. The Balaban J connectivity index is 1.95. The maximum atomic E-state index is 14.0. The van der Waals surface area contributed by atoms with Crippen LogP contribution in [0.15, 0.2) is 33.0 Å². The van der Waals surface area contributed by atoms with Gasteiger partial charge in [0.25, 0.3) is 0 Å². The van der Waals surface area contributed by atoms with Gasteiger partial charge in [-0.3, -0.25) is 4.79 Å². The second kappa shape index (κ2) is 5.15. The van der Waals surface area contributed by atoms with Crippen LogP contribution in [0.4, 0.5) is 4.39 Å². The zero-order valence-electron chi connectivity index (χ0n) is 10.2. The molecule has 2 nitrogen and oxygen atoms in total. The molecule has 2 unspecified atom stereocenters. The topological polar surface area (TPSA) is 37.3 Å². The largest absolute Gasteiger partial charge is 0.481 e. The van der Waals surface area contributed by atoms with E-state index in [2.05, 4.69) is 41.7 Å². The smallest absolute Gasteiger partial charge is 0.309 e. The molecule has 0 radical (unpaired) electrons. The average Bonchev–Trinajstić information content (AvgIpc) is 2.97. The third-order valence-corrected chi connectivity index (χ3v) is 4.23. The average molecular weight is 362 g/mol. The summed E-state index contributed by atoms with van der Waals surface area (Å²) in [5.74, 6) is -1.79. The number of carboxylic acid groups (broad SMARTS) is 1. The Bertz CT molecular complexity index is 464. The number of carbonyl (C=O) groups is 1. The molecule has 0 bridgehead atoms. The van der Waals surface area contributed by atoms with Crippen molar-refractivity contribution in [3.8, 4) is 0 Å². The van der Waals surface area contributed by atoms with E-state index < -0.39 is 17.6 Å². The highest BCUT2D eigenvalue weighted by atomic mass is 127. The van der Waals surface area contributed by atoms with Crippen LogP contribution in [-0.2, 0) is 4.79 Å². The molecule has 4 heteroatoms. The lowest BCUT2D eigenvalue weighted by Gasteiger charge is -2.07. The van der Waals surface area contributed by atoms with Gasteiger partial charge in [-0.15, -0.1) is 0 Å². The minimum Gasteiger partial charge on any atom is -0.481 e. The van der Waals surface area contributed by atoms with E-state index in [0.29, 0.717) is 12.8 Å². The van der Waals surface area contributed by atoms with Crippen LogP contribution in [0.25, 0.3) is 0 Å². The summed E-state index contributed by atoms with van der Waals surface area (Å²) in [6.45, 7) is 2.06. The zero-order valence-corrected chi connectivity index (χ0v) is 12.4. The standard InChI is InChI=1S/C14H16FIO2/c1-9-6-10(2-3-11(16)7-9)4-5-14(15)8-12(14)13(17)18/h2-3,6,12H,4-5,7-8H2,1H3,(H,17,18). The summed E-state index contributed by atoms with van der Waals surface area (Å²) < 4.78 is 15.3. The third-order valence-electron chi connectivity index (χ3n) is 3.49. The van der Waals surface area contributed by atoms with Gasteiger partial charge >= 0.3 is 5.97 Å². The molecule has 0 aliphatic heterocycles. The Kier molecular flexibility index (Phi) is 3.94. The maximum absolute atomic E-state index is 14.0. The normalized spacial score (nSPS) is 31.1. The number of halogens is 2. The Labute approximate surface area is 120 Å². The lowest BCUT2D eigenvalue weighted by Crippen LogP contribution is -2.11. The van der Waals surface area contributed by atoms with Crippen molar-refractivity contribution < 1.29 is 14.3 Å². The SMILES string of the molecule is CC1=CC(CCC2(F)CC2C(=O)O)=CC=C(I)C1. The van der Waals surface area contributed by atoms with Crippen LogP contribution in [0.2, 0.25) is 0 Å². The van der Waals surface area contributed by atoms with Gasteiger partial charge in [0.2, 0.25) is 0 Å². The van der Waals surface area contributed by atoms with E-state index in [1.807, 2.05) is 6.08 Å². The molecule has 2 aliphatic carbocycles. The fourth-order valence-electron chi connectivity index (χ4n) is 2.31. The molecule has 0 aromatic rings. The van der Waals surface area contributed by atoms with Crippen molar-refractivity contribution in [1.82, 2.24) is 0 Å². The Morgan fingerprint density at radius 1 is 1.61 bits per heavy atom. The van der Waals surface area contributed by atoms with Crippen LogP contribution in [0, 0.1) is 5.92 Å². The first kappa shape index (κ1) is 13.8. The minimum atomic E-state index is -1.47. The van der Waals surface area contributed by atoms with Crippen molar-refractivity contribution in [3.63, 3.8) is 0 Å². The molecule has 1 N–H and O–H groups in total. The summed E-state index contributed by atoms with van der Waals surface area (Å²) in [6.07, 6.45) is 8.19. The molecule has 0 aromatic carbocycles. The molecule has 0 spiro atoms. The second-order valence-electron chi connectivity index (χ2n) is 5.15. The van der Waals surface area contributed by atoms with Gasteiger partial charge in [0.15, 0.2) is 0 Å². The number of hydrogen-bond donors (Lipinski definition) is 1. The lowest BCUT2D eigenvalue weighted by molar-refractivity contribution is -0.139. The van der Waals surface area contributed by atoms with Crippen molar-refractivity contribution in [2.24, 2.45) is 5.92 Å². The van der Waals surface area contributed by atoms with Crippen molar-refractivity contribution >= 4 is 28.6 Å². The van der Waals surface area contributed by atoms with Gasteiger partial charge in [-0.25, -0.2) is 4.39 Å². The van der Waals surface area contributed by atoms with Gasteiger partial charge in [0.1, 0.15) is 5.67 Å². The Hall–Kier alpha value is -0.650. The summed E-state index contributed by atoms with van der Waals surface area (Å²) in [4.78, 5) is 10.7. The molecule has 2 aliphatic rings. The van der Waals surface area contributed by atoms with Crippen LogP contribution < -0.4 is 0 Å². The molecule has 1 fully saturated rings. The zero-order chi connectivity index (χ0) is 13.3. The Morgan fingerprint density at radius 3 is 2.94 bits per heavy atom. The van der Waals surface area contributed by atoms with Gasteiger partial charge < -0.3 is 5.11 Å². The number of allylic oxidation sites excluding steroid dienone is 6. The van der Waals surface area contributed by atoms with E-state index in [1.54, 1.807) is 0 Å². The Morgan fingerprint density at radius 2 is 2.33 bits per heavy atom. The fraction of sp³-hybridized carbons (Fsp3) is 0.500. The van der Waals surface area contributed by atoms with E-state index in [-0.39, 0.29) is 6.42 Å². The van der Waals surface area contributed by atoms with Crippen LogP contribution in [0.5, 0.6) is 0 Å². The van der Waals surface area contributed by atoms with Gasteiger partial charge in [-0.2, -0.15) is 0 Å². The highest BCUT2D eigenvalue weighted by Gasteiger charge is 2.59. The van der Waals surface area contributed by atoms with Crippen LogP contribution in [0.1, 0.15) is 32.6 Å². The van der Waals surface area contributed by atoms with Gasteiger partial charge in [0.05, 0.1) is 5.92 Å². The van der Waals surface area contributed by atoms with Crippen LogP contribution in [-0.4, -0.2) is 16.7 Å². The monoisotopic (exact) mass is 362 g/mol. The second-order valence-corrected chi connectivity index (χ2v) is 6.54. The van der Waals surface area contributed by atoms with Crippen LogP contribution in [0.3, 0.4) is 0 Å². The number of aliphatic carboxylic acids is 1. The maximum Gasteiger partial charge on any atom is 0.309 e. The summed E-state index contributed by atoms with van der Waals surface area (Å²) in [6, 6.07) is 0. The number of alkyl halides is 1. The summed E-state index contributed by atoms with van der Waals surface area (Å²) in [7, 11) is 0. The van der Waals surface area contributed by atoms with Crippen molar-refractivity contribution in [2.75, 3.05) is 0 Å². The molecule has 2 atom stereocenters. The molecule has 1 saturated carbocycles. The predicted molar refractivity (Wildman–Crippen MR) is 77.4 cm³/mol. The van der Waals surface area contributed by atoms with Gasteiger partial charge in [-0.1, -0.05) is 23.8 Å². The number of hydrogen-bond acceptors (Lipinski definition) is 1. The number of rotatable bonds is 4. The molecule has 98 valence electrons. The van der Waals surface area contributed by atoms with Crippen molar-refractivity contribution in [1.29, 1.82) is 0 Å². The van der Waals surface area contributed by atoms with E-state index in [1.165, 1.54) is 9.15 Å². The third kappa shape index (κ3) is 3.22. The molecular weight excluding hydrogens is 346 g/mol. The van der Waals surface area contributed by atoms with Gasteiger partial charge in [0, 0.05) is 0 Å². The van der Waals surface area contributed by atoms with Crippen molar-refractivity contribution in [2.45, 2.75) is 38.3 Å². The van der Waals surface area contributed by atoms with E-state index in [9.17, 15) is 9.18 Å². The van der Waals surface area contributed by atoms with E-state index >= 15 is 0 Å². The fourth-order valence-corrected chi connectivity index (χ4v) is 3.09. The molecule has 0 heterocycles. The number of carboxylic acids is 1. The molecule has 0 amide bonds. The van der Waals surface area contributed by atoms with Gasteiger partial charge in [-0.05, 0) is 64.4 Å². The summed E-state index contributed by atoms with van der Waals surface area (Å²) in [5.41, 5.74) is 0.877. The summed E-state index contributed by atoms with van der Waals surface area (Å²) >= 11 is 2.30. The van der Waals surface area contributed by atoms with Crippen LogP contribution >= 0.6 is 22.6 Å².